The van der Waals surface area contributed by atoms with E-state index in [2.05, 4.69) is 22.8 Å². The average Bonchev–Trinajstić information content (AvgIpc) is 2.50. The molecule has 0 atom stereocenters. The van der Waals surface area contributed by atoms with Crippen LogP contribution in [0.15, 0.2) is 54.6 Å². The first kappa shape index (κ1) is 15.3. The van der Waals surface area contributed by atoms with E-state index in [1.54, 1.807) is 0 Å². The Balaban J connectivity index is 1.63. The van der Waals surface area contributed by atoms with E-state index in [1.807, 2.05) is 49.4 Å². The SMILES string of the molecule is Cc1ccccc1NC(=O)CCNCCc1ccccc1. The molecule has 2 aromatic carbocycles. The first-order valence-electron chi connectivity index (χ1n) is 7.36. The van der Waals surface area contributed by atoms with Crippen molar-refractivity contribution in [3.8, 4) is 0 Å². The van der Waals surface area contributed by atoms with Crippen LogP contribution < -0.4 is 10.6 Å². The van der Waals surface area contributed by atoms with Crippen LogP contribution in [0.25, 0.3) is 0 Å². The molecule has 2 rings (SSSR count). The molecule has 2 aromatic rings. The second kappa shape index (κ2) is 8.22. The number of amides is 1. The third kappa shape index (κ3) is 5.40. The lowest BCUT2D eigenvalue weighted by molar-refractivity contribution is -0.116. The average molecular weight is 282 g/mol. The van der Waals surface area contributed by atoms with Gasteiger partial charge in [0.05, 0.1) is 0 Å². The molecule has 0 aliphatic carbocycles. The van der Waals surface area contributed by atoms with Crippen molar-refractivity contribution in [2.24, 2.45) is 0 Å². The molecule has 3 heteroatoms. The van der Waals surface area contributed by atoms with E-state index in [4.69, 9.17) is 0 Å². The lowest BCUT2D eigenvalue weighted by Crippen LogP contribution is -2.23. The summed E-state index contributed by atoms with van der Waals surface area (Å²) in [5.41, 5.74) is 3.30. The number of nitrogens with one attached hydrogen (secondary N) is 2. The molecular weight excluding hydrogens is 260 g/mol. The van der Waals surface area contributed by atoms with Gasteiger partial charge in [0, 0.05) is 18.7 Å². The number of rotatable bonds is 7. The van der Waals surface area contributed by atoms with Crippen molar-refractivity contribution in [1.29, 1.82) is 0 Å². The van der Waals surface area contributed by atoms with Gasteiger partial charge in [0.15, 0.2) is 0 Å². The Kier molecular flexibility index (Phi) is 5.98. The predicted octanol–water partition coefficient (Wildman–Crippen LogP) is 3.16. The van der Waals surface area contributed by atoms with Gasteiger partial charge in [-0.25, -0.2) is 0 Å². The number of anilines is 1. The summed E-state index contributed by atoms with van der Waals surface area (Å²) in [6.45, 7) is 3.58. The largest absolute Gasteiger partial charge is 0.326 e. The first-order chi connectivity index (χ1) is 10.3. The number of carbonyl (C=O) groups is 1. The van der Waals surface area contributed by atoms with Gasteiger partial charge in [-0.3, -0.25) is 4.79 Å². The van der Waals surface area contributed by atoms with Gasteiger partial charge in [-0.1, -0.05) is 48.5 Å². The van der Waals surface area contributed by atoms with Gasteiger partial charge >= 0.3 is 0 Å². The molecule has 0 spiro atoms. The smallest absolute Gasteiger partial charge is 0.225 e. The van der Waals surface area contributed by atoms with Gasteiger partial charge in [0.25, 0.3) is 0 Å². The topological polar surface area (TPSA) is 41.1 Å². The van der Waals surface area contributed by atoms with Crippen molar-refractivity contribution >= 4 is 11.6 Å². The molecule has 0 fully saturated rings. The van der Waals surface area contributed by atoms with Gasteiger partial charge in [-0.2, -0.15) is 0 Å². The molecule has 1 amide bonds. The zero-order valence-corrected chi connectivity index (χ0v) is 12.4. The fraction of sp³-hybridized carbons (Fsp3) is 0.278. The predicted molar refractivity (Wildman–Crippen MR) is 87.4 cm³/mol. The van der Waals surface area contributed by atoms with Crippen LogP contribution in [0.1, 0.15) is 17.5 Å². The summed E-state index contributed by atoms with van der Waals surface area (Å²) >= 11 is 0. The lowest BCUT2D eigenvalue weighted by atomic mass is 10.1. The van der Waals surface area contributed by atoms with Crippen molar-refractivity contribution < 1.29 is 4.79 Å². The zero-order valence-electron chi connectivity index (χ0n) is 12.4. The molecule has 0 aromatic heterocycles. The van der Waals surface area contributed by atoms with Crippen LogP contribution in [0.2, 0.25) is 0 Å². The minimum atomic E-state index is 0.0523. The molecule has 0 saturated carbocycles. The molecule has 0 bridgehead atoms. The van der Waals surface area contributed by atoms with E-state index in [1.165, 1.54) is 5.56 Å². The molecule has 0 aliphatic rings. The van der Waals surface area contributed by atoms with E-state index in [0.717, 1.165) is 24.2 Å². The Labute approximate surface area is 126 Å². The number of aryl methyl sites for hydroxylation is 1. The third-order valence-corrected chi connectivity index (χ3v) is 3.38. The monoisotopic (exact) mass is 282 g/mol. The second-order valence-electron chi connectivity index (χ2n) is 5.10. The summed E-state index contributed by atoms with van der Waals surface area (Å²) in [5.74, 6) is 0.0523. The van der Waals surface area contributed by atoms with Crippen LogP contribution in [-0.2, 0) is 11.2 Å². The van der Waals surface area contributed by atoms with E-state index in [0.29, 0.717) is 13.0 Å². The first-order valence-corrected chi connectivity index (χ1v) is 7.36. The van der Waals surface area contributed by atoms with Crippen molar-refractivity contribution in [3.05, 3.63) is 65.7 Å². The van der Waals surface area contributed by atoms with E-state index in [-0.39, 0.29) is 5.91 Å². The maximum absolute atomic E-state index is 11.8. The van der Waals surface area contributed by atoms with Crippen molar-refractivity contribution in [2.45, 2.75) is 19.8 Å². The highest BCUT2D eigenvalue weighted by Crippen LogP contribution is 2.12. The summed E-state index contributed by atoms with van der Waals surface area (Å²) in [6, 6.07) is 18.2. The van der Waals surface area contributed by atoms with E-state index < -0.39 is 0 Å². The summed E-state index contributed by atoms with van der Waals surface area (Å²) < 4.78 is 0. The number of hydrogen-bond donors (Lipinski definition) is 2. The molecule has 21 heavy (non-hydrogen) atoms. The van der Waals surface area contributed by atoms with Crippen LogP contribution in [-0.4, -0.2) is 19.0 Å². The summed E-state index contributed by atoms with van der Waals surface area (Å²) in [5, 5.41) is 6.24. The van der Waals surface area contributed by atoms with Crippen molar-refractivity contribution in [1.82, 2.24) is 5.32 Å². The fourth-order valence-corrected chi connectivity index (χ4v) is 2.13. The van der Waals surface area contributed by atoms with Gasteiger partial charge in [0.1, 0.15) is 0 Å². The quantitative estimate of drug-likeness (QED) is 0.766. The standard InChI is InChI=1S/C18H22N2O/c1-15-7-5-6-10-17(15)20-18(21)12-14-19-13-11-16-8-3-2-4-9-16/h2-10,19H,11-14H2,1H3,(H,20,21). The zero-order chi connectivity index (χ0) is 14.9. The highest BCUT2D eigenvalue weighted by molar-refractivity contribution is 5.91. The minimum absolute atomic E-state index is 0.0523. The highest BCUT2D eigenvalue weighted by Gasteiger charge is 2.03. The van der Waals surface area contributed by atoms with Crippen LogP contribution in [0, 0.1) is 6.92 Å². The van der Waals surface area contributed by atoms with Crippen molar-refractivity contribution in [3.63, 3.8) is 0 Å². The highest BCUT2D eigenvalue weighted by atomic mass is 16.1. The van der Waals surface area contributed by atoms with Crippen LogP contribution >= 0.6 is 0 Å². The molecule has 0 aliphatic heterocycles. The van der Waals surface area contributed by atoms with Crippen LogP contribution in [0.5, 0.6) is 0 Å². The number of para-hydroxylation sites is 1. The number of carbonyl (C=O) groups excluding carboxylic acids is 1. The van der Waals surface area contributed by atoms with Gasteiger partial charge in [-0.05, 0) is 37.1 Å². The van der Waals surface area contributed by atoms with Crippen LogP contribution in [0.3, 0.4) is 0 Å². The van der Waals surface area contributed by atoms with Gasteiger partial charge in [-0.15, -0.1) is 0 Å². The summed E-state index contributed by atoms with van der Waals surface area (Å²) in [7, 11) is 0. The van der Waals surface area contributed by atoms with Gasteiger partial charge in [0.2, 0.25) is 5.91 Å². The van der Waals surface area contributed by atoms with Crippen LogP contribution in [0.4, 0.5) is 5.69 Å². The third-order valence-electron chi connectivity index (χ3n) is 3.38. The number of hydrogen-bond acceptors (Lipinski definition) is 2. The fourth-order valence-electron chi connectivity index (χ4n) is 2.13. The van der Waals surface area contributed by atoms with Crippen molar-refractivity contribution in [2.75, 3.05) is 18.4 Å². The molecular formula is C18H22N2O. The van der Waals surface area contributed by atoms with Gasteiger partial charge < -0.3 is 10.6 Å². The summed E-state index contributed by atoms with van der Waals surface area (Å²) in [4.78, 5) is 11.8. The van der Waals surface area contributed by atoms with E-state index >= 15 is 0 Å². The second-order valence-corrected chi connectivity index (χ2v) is 5.10. The Hall–Kier alpha value is -2.13. The maximum atomic E-state index is 11.8. The Bertz CT molecular complexity index is 566. The Morgan fingerprint density at radius 2 is 1.67 bits per heavy atom. The Morgan fingerprint density at radius 3 is 2.43 bits per heavy atom. The molecule has 3 nitrogen and oxygen atoms in total. The maximum Gasteiger partial charge on any atom is 0.225 e. The molecule has 110 valence electrons. The summed E-state index contributed by atoms with van der Waals surface area (Å²) in [6.07, 6.45) is 1.48. The molecule has 0 radical (unpaired) electrons. The molecule has 0 unspecified atom stereocenters. The molecule has 2 N–H and O–H groups in total. The molecule has 0 saturated heterocycles. The Morgan fingerprint density at radius 1 is 0.952 bits per heavy atom. The lowest BCUT2D eigenvalue weighted by Gasteiger charge is -2.08. The normalized spacial score (nSPS) is 10.3. The van der Waals surface area contributed by atoms with E-state index in [9.17, 15) is 4.79 Å². The molecule has 0 heterocycles. The number of benzene rings is 2. The minimum Gasteiger partial charge on any atom is -0.326 e.